The van der Waals surface area contributed by atoms with Crippen molar-refractivity contribution < 1.29 is 14.7 Å². The summed E-state index contributed by atoms with van der Waals surface area (Å²) in [7, 11) is 0. The lowest BCUT2D eigenvalue weighted by molar-refractivity contribution is -0.136. The minimum Gasteiger partial charge on any atom is -0.508 e. The van der Waals surface area contributed by atoms with Gasteiger partial charge in [0, 0.05) is 12.2 Å². The summed E-state index contributed by atoms with van der Waals surface area (Å²) in [4.78, 5) is 23.3. The standard InChI is InChI=1S/C16H16N2O3/c19-14-8-6-13(7-9-14)18-16(21)15(20)17-11-10-12-4-2-1-3-5-12/h1-9,19H,10-11H2,(H,17,20)(H,18,21). The van der Waals surface area contributed by atoms with Gasteiger partial charge in [0.2, 0.25) is 0 Å². The van der Waals surface area contributed by atoms with Crippen molar-refractivity contribution in [3.8, 4) is 5.75 Å². The molecule has 0 atom stereocenters. The van der Waals surface area contributed by atoms with Crippen LogP contribution in [0.5, 0.6) is 5.75 Å². The number of carbonyl (C=O) groups is 2. The van der Waals surface area contributed by atoms with Gasteiger partial charge in [0.15, 0.2) is 0 Å². The lowest BCUT2D eigenvalue weighted by Crippen LogP contribution is -2.36. The fourth-order valence-electron chi connectivity index (χ4n) is 1.78. The largest absolute Gasteiger partial charge is 0.508 e. The maximum Gasteiger partial charge on any atom is 0.313 e. The van der Waals surface area contributed by atoms with Crippen molar-refractivity contribution in [3.05, 3.63) is 60.2 Å². The Hall–Kier alpha value is -2.82. The topological polar surface area (TPSA) is 78.4 Å². The molecular weight excluding hydrogens is 268 g/mol. The number of aromatic hydroxyl groups is 1. The zero-order valence-electron chi connectivity index (χ0n) is 11.4. The summed E-state index contributed by atoms with van der Waals surface area (Å²) in [5.41, 5.74) is 1.55. The number of carbonyl (C=O) groups excluding carboxylic acids is 2. The second kappa shape index (κ2) is 7.09. The van der Waals surface area contributed by atoms with Gasteiger partial charge in [0.05, 0.1) is 0 Å². The maximum absolute atomic E-state index is 11.7. The fourth-order valence-corrected chi connectivity index (χ4v) is 1.78. The molecule has 0 radical (unpaired) electrons. The third kappa shape index (κ3) is 4.65. The van der Waals surface area contributed by atoms with Crippen LogP contribution in [0.4, 0.5) is 5.69 Å². The number of phenols is 1. The number of rotatable bonds is 4. The number of phenolic OH excluding ortho intramolecular Hbond substituents is 1. The second-order valence-corrected chi connectivity index (χ2v) is 4.49. The monoisotopic (exact) mass is 284 g/mol. The van der Waals surface area contributed by atoms with Gasteiger partial charge in [0.1, 0.15) is 5.75 Å². The Balaban J connectivity index is 1.77. The molecule has 0 aliphatic heterocycles. The molecular formula is C16H16N2O3. The first kappa shape index (κ1) is 14.6. The van der Waals surface area contributed by atoms with E-state index in [1.165, 1.54) is 24.3 Å². The molecule has 2 amide bonds. The number of anilines is 1. The fraction of sp³-hybridized carbons (Fsp3) is 0.125. The van der Waals surface area contributed by atoms with Crippen LogP contribution in [0.1, 0.15) is 5.56 Å². The van der Waals surface area contributed by atoms with E-state index in [4.69, 9.17) is 5.11 Å². The molecule has 0 aromatic heterocycles. The molecule has 0 heterocycles. The Kier molecular flexibility index (Phi) is 4.93. The first-order chi connectivity index (χ1) is 10.1. The Morgan fingerprint density at radius 2 is 1.57 bits per heavy atom. The molecule has 0 bridgehead atoms. The highest BCUT2D eigenvalue weighted by molar-refractivity contribution is 6.39. The Labute approximate surface area is 122 Å². The van der Waals surface area contributed by atoms with Crippen molar-refractivity contribution in [2.24, 2.45) is 0 Å². The van der Waals surface area contributed by atoms with Crippen LogP contribution in [0, 0.1) is 0 Å². The summed E-state index contributed by atoms with van der Waals surface area (Å²) in [6.45, 7) is 0.395. The van der Waals surface area contributed by atoms with Crippen molar-refractivity contribution in [3.63, 3.8) is 0 Å². The normalized spacial score (nSPS) is 9.90. The highest BCUT2D eigenvalue weighted by Gasteiger charge is 2.12. The number of amides is 2. The van der Waals surface area contributed by atoms with E-state index in [1.54, 1.807) is 0 Å². The van der Waals surface area contributed by atoms with Crippen LogP contribution in [0.15, 0.2) is 54.6 Å². The predicted octanol–water partition coefficient (Wildman–Crippen LogP) is 1.69. The molecule has 2 rings (SSSR count). The maximum atomic E-state index is 11.7. The van der Waals surface area contributed by atoms with Crippen LogP contribution in [0.2, 0.25) is 0 Å². The van der Waals surface area contributed by atoms with Crippen molar-refractivity contribution in [1.29, 1.82) is 0 Å². The third-order valence-electron chi connectivity index (χ3n) is 2.87. The molecule has 5 nitrogen and oxygen atoms in total. The zero-order valence-corrected chi connectivity index (χ0v) is 11.4. The van der Waals surface area contributed by atoms with Crippen molar-refractivity contribution in [2.45, 2.75) is 6.42 Å². The first-order valence-electron chi connectivity index (χ1n) is 6.57. The van der Waals surface area contributed by atoms with Gasteiger partial charge < -0.3 is 15.7 Å². The van der Waals surface area contributed by atoms with E-state index in [2.05, 4.69) is 10.6 Å². The van der Waals surface area contributed by atoms with E-state index in [1.807, 2.05) is 30.3 Å². The van der Waals surface area contributed by atoms with E-state index >= 15 is 0 Å². The van der Waals surface area contributed by atoms with Crippen LogP contribution >= 0.6 is 0 Å². The molecule has 3 N–H and O–H groups in total. The smallest absolute Gasteiger partial charge is 0.313 e. The summed E-state index contributed by atoms with van der Waals surface area (Å²) >= 11 is 0. The average molecular weight is 284 g/mol. The van der Waals surface area contributed by atoms with Gasteiger partial charge in [-0.15, -0.1) is 0 Å². The van der Waals surface area contributed by atoms with E-state index in [0.717, 1.165) is 5.56 Å². The highest BCUT2D eigenvalue weighted by atomic mass is 16.3. The van der Waals surface area contributed by atoms with Crippen molar-refractivity contribution >= 4 is 17.5 Å². The first-order valence-corrected chi connectivity index (χ1v) is 6.57. The van der Waals surface area contributed by atoms with Gasteiger partial charge >= 0.3 is 11.8 Å². The molecule has 0 unspecified atom stereocenters. The van der Waals surface area contributed by atoms with Crippen LogP contribution in [-0.4, -0.2) is 23.5 Å². The van der Waals surface area contributed by atoms with Gasteiger partial charge in [-0.05, 0) is 36.2 Å². The summed E-state index contributed by atoms with van der Waals surface area (Å²) in [5, 5.41) is 14.2. The number of benzene rings is 2. The van der Waals surface area contributed by atoms with Crippen LogP contribution < -0.4 is 10.6 Å². The van der Waals surface area contributed by atoms with E-state index in [9.17, 15) is 9.59 Å². The minimum absolute atomic E-state index is 0.0975. The Morgan fingerprint density at radius 1 is 0.905 bits per heavy atom. The quantitative estimate of drug-likeness (QED) is 0.590. The van der Waals surface area contributed by atoms with Crippen LogP contribution in [0.3, 0.4) is 0 Å². The third-order valence-corrected chi connectivity index (χ3v) is 2.87. The molecule has 21 heavy (non-hydrogen) atoms. The molecule has 5 heteroatoms. The highest BCUT2D eigenvalue weighted by Crippen LogP contribution is 2.13. The van der Waals surface area contributed by atoms with Gasteiger partial charge in [-0.25, -0.2) is 0 Å². The molecule has 0 saturated carbocycles. The predicted molar refractivity (Wildman–Crippen MR) is 79.9 cm³/mol. The number of nitrogens with one attached hydrogen (secondary N) is 2. The van der Waals surface area contributed by atoms with Gasteiger partial charge in [-0.3, -0.25) is 9.59 Å². The van der Waals surface area contributed by atoms with Crippen molar-refractivity contribution in [1.82, 2.24) is 5.32 Å². The minimum atomic E-state index is -0.728. The molecule has 0 aliphatic carbocycles. The molecule has 108 valence electrons. The SMILES string of the molecule is O=C(NCCc1ccccc1)C(=O)Nc1ccc(O)cc1. The number of hydrogen-bond acceptors (Lipinski definition) is 3. The van der Waals surface area contributed by atoms with Crippen molar-refractivity contribution in [2.75, 3.05) is 11.9 Å². The van der Waals surface area contributed by atoms with Crippen LogP contribution in [0.25, 0.3) is 0 Å². The molecule has 0 fully saturated rings. The van der Waals surface area contributed by atoms with E-state index in [0.29, 0.717) is 18.7 Å². The zero-order chi connectivity index (χ0) is 15.1. The van der Waals surface area contributed by atoms with E-state index in [-0.39, 0.29) is 5.75 Å². The summed E-state index contributed by atoms with van der Waals surface area (Å²) in [6.07, 6.45) is 0.666. The Bertz CT molecular complexity index is 609. The lowest BCUT2D eigenvalue weighted by atomic mass is 10.1. The summed E-state index contributed by atoms with van der Waals surface area (Å²) in [5.74, 6) is -1.31. The van der Waals surface area contributed by atoms with E-state index < -0.39 is 11.8 Å². The van der Waals surface area contributed by atoms with Gasteiger partial charge in [0.25, 0.3) is 0 Å². The van der Waals surface area contributed by atoms with Gasteiger partial charge in [-0.1, -0.05) is 30.3 Å². The molecule has 0 spiro atoms. The molecule has 0 aliphatic rings. The molecule has 2 aromatic rings. The lowest BCUT2D eigenvalue weighted by Gasteiger charge is -2.06. The Morgan fingerprint density at radius 3 is 2.24 bits per heavy atom. The molecule has 0 saturated heterocycles. The average Bonchev–Trinajstić information content (AvgIpc) is 2.50. The van der Waals surface area contributed by atoms with Crippen LogP contribution in [-0.2, 0) is 16.0 Å². The molecule has 2 aromatic carbocycles. The number of hydrogen-bond donors (Lipinski definition) is 3. The summed E-state index contributed by atoms with van der Waals surface area (Å²) in [6, 6.07) is 15.6. The van der Waals surface area contributed by atoms with Gasteiger partial charge in [-0.2, -0.15) is 0 Å². The summed E-state index contributed by atoms with van der Waals surface area (Å²) < 4.78 is 0. The second-order valence-electron chi connectivity index (χ2n) is 4.49.